The molecule has 0 aromatic carbocycles. The summed E-state index contributed by atoms with van der Waals surface area (Å²) in [7, 11) is 0. The predicted octanol–water partition coefficient (Wildman–Crippen LogP) is 2.65. The highest BCUT2D eigenvalue weighted by Gasteiger charge is 2.25. The predicted molar refractivity (Wildman–Crippen MR) is 112 cm³/mol. The minimum absolute atomic E-state index is 0.375. The van der Waals surface area contributed by atoms with Crippen LogP contribution in [0.4, 0.5) is 5.69 Å². The van der Waals surface area contributed by atoms with Crippen LogP contribution in [0.2, 0.25) is 0 Å². The van der Waals surface area contributed by atoms with Gasteiger partial charge in [0.25, 0.3) is 0 Å². The van der Waals surface area contributed by atoms with Crippen molar-refractivity contribution < 1.29 is 4.74 Å². The molecule has 2 aliphatic rings. The van der Waals surface area contributed by atoms with Gasteiger partial charge in [-0.3, -0.25) is 9.88 Å². The average molecular weight is 393 g/mol. The summed E-state index contributed by atoms with van der Waals surface area (Å²) in [5, 5.41) is 4.85. The smallest absolute Gasteiger partial charge is 0.156 e. The van der Waals surface area contributed by atoms with Crippen LogP contribution in [-0.2, 0) is 11.3 Å². The molecule has 3 aromatic rings. The fraction of sp³-hybridized carbons (Fsp3) is 0.500. The SMILES string of the molecule is Cc1cccc(CN2CCC[C@@H](c3nc4ccc(N5CCOCC5)cn4n3)C2)n1. The summed E-state index contributed by atoms with van der Waals surface area (Å²) in [5.74, 6) is 1.34. The Kier molecular flexibility index (Phi) is 5.16. The van der Waals surface area contributed by atoms with E-state index in [1.54, 1.807) is 0 Å². The summed E-state index contributed by atoms with van der Waals surface area (Å²) in [5.41, 5.74) is 4.33. The minimum atomic E-state index is 0.375. The third kappa shape index (κ3) is 4.11. The number of likely N-dealkylation sites (tertiary alicyclic amines) is 1. The molecule has 0 radical (unpaired) electrons. The molecule has 0 N–H and O–H groups in total. The van der Waals surface area contributed by atoms with E-state index in [2.05, 4.69) is 45.2 Å². The normalized spacial score (nSPS) is 21.0. The summed E-state index contributed by atoms with van der Waals surface area (Å²) in [6, 6.07) is 10.5. The quantitative estimate of drug-likeness (QED) is 0.680. The molecule has 0 spiro atoms. The molecular formula is C22H28N6O. The van der Waals surface area contributed by atoms with Gasteiger partial charge in [-0.1, -0.05) is 6.07 Å². The summed E-state index contributed by atoms with van der Waals surface area (Å²) in [4.78, 5) is 14.3. The van der Waals surface area contributed by atoms with Crippen LogP contribution in [0.5, 0.6) is 0 Å². The van der Waals surface area contributed by atoms with Crippen molar-refractivity contribution in [3.05, 3.63) is 53.7 Å². The number of aryl methyl sites for hydroxylation is 1. The molecular weight excluding hydrogens is 364 g/mol. The molecule has 2 saturated heterocycles. The molecule has 0 saturated carbocycles. The summed E-state index contributed by atoms with van der Waals surface area (Å²) in [6.07, 6.45) is 4.42. The molecule has 5 rings (SSSR count). The Hall–Kier alpha value is -2.51. The fourth-order valence-corrected chi connectivity index (χ4v) is 4.40. The van der Waals surface area contributed by atoms with Crippen LogP contribution in [0.25, 0.3) is 5.65 Å². The van der Waals surface area contributed by atoms with Crippen LogP contribution in [0.1, 0.15) is 36.0 Å². The van der Waals surface area contributed by atoms with Gasteiger partial charge in [-0.2, -0.15) is 5.10 Å². The Morgan fingerprint density at radius 1 is 1.07 bits per heavy atom. The van der Waals surface area contributed by atoms with Crippen LogP contribution in [0.15, 0.2) is 36.5 Å². The number of ether oxygens (including phenoxy) is 1. The van der Waals surface area contributed by atoms with Crippen molar-refractivity contribution in [3.8, 4) is 0 Å². The van der Waals surface area contributed by atoms with E-state index in [-0.39, 0.29) is 0 Å². The van der Waals surface area contributed by atoms with E-state index in [9.17, 15) is 0 Å². The molecule has 5 heterocycles. The number of morpholine rings is 1. The first-order valence-corrected chi connectivity index (χ1v) is 10.6. The second-order valence-corrected chi connectivity index (χ2v) is 8.10. The van der Waals surface area contributed by atoms with E-state index < -0.39 is 0 Å². The lowest BCUT2D eigenvalue weighted by Gasteiger charge is -2.31. The Labute approximate surface area is 171 Å². The number of aromatic nitrogens is 4. The number of hydrogen-bond donors (Lipinski definition) is 0. The molecule has 7 nitrogen and oxygen atoms in total. The first-order chi connectivity index (χ1) is 14.2. The van der Waals surface area contributed by atoms with Crippen molar-refractivity contribution in [3.63, 3.8) is 0 Å². The third-order valence-electron chi connectivity index (χ3n) is 5.91. The second-order valence-electron chi connectivity index (χ2n) is 8.10. The third-order valence-corrected chi connectivity index (χ3v) is 5.91. The van der Waals surface area contributed by atoms with E-state index in [0.717, 1.165) is 75.2 Å². The molecule has 2 aliphatic heterocycles. The fourth-order valence-electron chi connectivity index (χ4n) is 4.40. The van der Waals surface area contributed by atoms with Gasteiger partial charge in [0.2, 0.25) is 0 Å². The number of pyridine rings is 2. The molecule has 0 aliphatic carbocycles. The number of piperidine rings is 1. The Morgan fingerprint density at radius 2 is 1.97 bits per heavy atom. The van der Waals surface area contributed by atoms with E-state index in [1.807, 2.05) is 17.5 Å². The van der Waals surface area contributed by atoms with E-state index >= 15 is 0 Å². The van der Waals surface area contributed by atoms with Gasteiger partial charge >= 0.3 is 0 Å². The first-order valence-electron chi connectivity index (χ1n) is 10.6. The van der Waals surface area contributed by atoms with E-state index in [1.165, 1.54) is 12.1 Å². The van der Waals surface area contributed by atoms with Gasteiger partial charge in [-0.05, 0) is 50.6 Å². The van der Waals surface area contributed by atoms with Crippen LogP contribution in [0, 0.1) is 6.92 Å². The largest absolute Gasteiger partial charge is 0.378 e. The zero-order valence-electron chi connectivity index (χ0n) is 17.0. The number of fused-ring (bicyclic) bond motifs is 1. The highest BCUT2D eigenvalue weighted by Crippen LogP contribution is 2.26. The molecule has 0 unspecified atom stereocenters. The molecule has 29 heavy (non-hydrogen) atoms. The lowest BCUT2D eigenvalue weighted by Crippen LogP contribution is -2.36. The molecule has 2 fully saturated rings. The number of hydrogen-bond acceptors (Lipinski definition) is 6. The van der Waals surface area contributed by atoms with Gasteiger partial charge < -0.3 is 9.64 Å². The maximum absolute atomic E-state index is 5.47. The van der Waals surface area contributed by atoms with Gasteiger partial charge in [-0.25, -0.2) is 9.50 Å². The Balaban J connectivity index is 1.31. The maximum atomic E-state index is 5.47. The van der Waals surface area contributed by atoms with Gasteiger partial charge in [0, 0.05) is 37.8 Å². The van der Waals surface area contributed by atoms with E-state index in [4.69, 9.17) is 14.8 Å². The number of rotatable bonds is 4. The summed E-state index contributed by atoms with van der Waals surface area (Å²) >= 11 is 0. The van der Waals surface area contributed by atoms with Gasteiger partial charge in [0.1, 0.15) is 0 Å². The number of nitrogens with zero attached hydrogens (tertiary/aromatic N) is 6. The van der Waals surface area contributed by atoms with Crippen LogP contribution in [-0.4, -0.2) is 63.9 Å². The molecule has 152 valence electrons. The zero-order valence-corrected chi connectivity index (χ0v) is 17.0. The molecule has 3 aromatic heterocycles. The zero-order chi connectivity index (χ0) is 19.6. The first kappa shape index (κ1) is 18.5. The highest BCUT2D eigenvalue weighted by molar-refractivity contribution is 5.51. The topological polar surface area (TPSA) is 58.8 Å². The maximum Gasteiger partial charge on any atom is 0.156 e. The second kappa shape index (κ2) is 8.08. The lowest BCUT2D eigenvalue weighted by molar-refractivity contribution is 0.122. The van der Waals surface area contributed by atoms with Crippen molar-refractivity contribution in [2.45, 2.75) is 32.2 Å². The van der Waals surface area contributed by atoms with Crippen molar-refractivity contribution >= 4 is 11.3 Å². The van der Waals surface area contributed by atoms with Gasteiger partial charge in [-0.15, -0.1) is 0 Å². The molecule has 0 bridgehead atoms. The molecule has 1 atom stereocenters. The van der Waals surface area contributed by atoms with Crippen LogP contribution >= 0.6 is 0 Å². The van der Waals surface area contributed by atoms with Crippen molar-refractivity contribution in [1.29, 1.82) is 0 Å². The van der Waals surface area contributed by atoms with Gasteiger partial charge in [0.15, 0.2) is 11.5 Å². The Morgan fingerprint density at radius 3 is 2.83 bits per heavy atom. The summed E-state index contributed by atoms with van der Waals surface area (Å²) < 4.78 is 7.41. The summed E-state index contributed by atoms with van der Waals surface area (Å²) in [6.45, 7) is 8.47. The van der Waals surface area contributed by atoms with Crippen LogP contribution in [0.3, 0.4) is 0 Å². The standard InChI is InChI=1S/C22H28N6O/c1-17-4-2-6-19(23-17)15-26-9-3-5-18(14-26)22-24-21-8-7-20(16-28(21)25-22)27-10-12-29-13-11-27/h2,4,6-8,16,18H,3,5,9-15H2,1H3/t18-/m1/s1. The average Bonchev–Trinajstić information content (AvgIpc) is 3.18. The van der Waals surface area contributed by atoms with Crippen LogP contribution < -0.4 is 4.90 Å². The monoisotopic (exact) mass is 392 g/mol. The highest BCUT2D eigenvalue weighted by atomic mass is 16.5. The number of anilines is 1. The molecule has 7 heteroatoms. The van der Waals surface area contributed by atoms with Crippen molar-refractivity contribution in [2.75, 3.05) is 44.3 Å². The van der Waals surface area contributed by atoms with E-state index in [0.29, 0.717) is 5.92 Å². The van der Waals surface area contributed by atoms with Crippen molar-refractivity contribution in [2.24, 2.45) is 0 Å². The lowest BCUT2D eigenvalue weighted by atomic mass is 9.97. The Bertz CT molecular complexity index is 980. The molecule has 0 amide bonds. The van der Waals surface area contributed by atoms with Crippen molar-refractivity contribution in [1.82, 2.24) is 24.5 Å². The minimum Gasteiger partial charge on any atom is -0.378 e. The van der Waals surface area contributed by atoms with Gasteiger partial charge in [0.05, 0.1) is 30.8 Å².